The van der Waals surface area contributed by atoms with Gasteiger partial charge in [0.2, 0.25) is 0 Å². The molecule has 5 rings (SSSR count). The highest BCUT2D eigenvalue weighted by atomic mass is 16.1. The van der Waals surface area contributed by atoms with Gasteiger partial charge < -0.3 is 4.79 Å². The molecule has 1 aliphatic rings. The second kappa shape index (κ2) is 8.41. The molecule has 0 radical (unpaired) electrons. The third-order valence-corrected chi connectivity index (χ3v) is 5.84. The Morgan fingerprint density at radius 1 is 0.419 bits per heavy atom. The first kappa shape index (κ1) is 19.0. The molecule has 0 saturated carbocycles. The molecular formula is C30H22O. The summed E-state index contributed by atoms with van der Waals surface area (Å²) in [6, 6.07) is 41.4. The topological polar surface area (TPSA) is 17.1 Å². The van der Waals surface area contributed by atoms with Crippen LogP contribution >= 0.6 is 0 Å². The summed E-state index contributed by atoms with van der Waals surface area (Å²) in [6.45, 7) is 0. The van der Waals surface area contributed by atoms with Crippen LogP contribution < -0.4 is 0 Å². The number of benzene rings is 4. The summed E-state index contributed by atoms with van der Waals surface area (Å²) in [4.78, 5) is 12.7. The van der Waals surface area contributed by atoms with E-state index in [9.17, 15) is 4.79 Å². The van der Waals surface area contributed by atoms with Crippen molar-refractivity contribution in [2.75, 3.05) is 0 Å². The van der Waals surface area contributed by atoms with Gasteiger partial charge in [0.05, 0.1) is 5.92 Å². The summed E-state index contributed by atoms with van der Waals surface area (Å²) in [5.41, 5.74) is 8.81. The maximum Gasteiger partial charge on any atom is 0.131 e. The molecule has 4 aromatic carbocycles. The number of carbonyl (C=O) groups is 1. The van der Waals surface area contributed by atoms with Crippen molar-refractivity contribution in [3.63, 3.8) is 0 Å². The lowest BCUT2D eigenvalue weighted by Gasteiger charge is -2.15. The molecule has 148 valence electrons. The molecular weight excluding hydrogens is 376 g/mol. The minimum atomic E-state index is -0.338. The molecule has 0 bridgehead atoms. The molecule has 0 saturated heterocycles. The molecule has 1 aliphatic carbocycles. The lowest BCUT2D eigenvalue weighted by molar-refractivity contribution is -0.108. The third-order valence-electron chi connectivity index (χ3n) is 5.84. The monoisotopic (exact) mass is 398 g/mol. The molecule has 31 heavy (non-hydrogen) atoms. The summed E-state index contributed by atoms with van der Waals surface area (Å²) in [5, 5.41) is 0. The molecule has 1 nitrogen and oxygen atoms in total. The molecule has 0 spiro atoms. The Hall–Kier alpha value is -3.97. The fourth-order valence-electron chi connectivity index (χ4n) is 4.55. The second-order valence-electron chi connectivity index (χ2n) is 7.66. The summed E-state index contributed by atoms with van der Waals surface area (Å²) in [6.07, 6.45) is 1.10. The number of rotatable bonds is 5. The van der Waals surface area contributed by atoms with E-state index in [0.29, 0.717) is 0 Å². The Labute approximate surface area is 183 Å². The molecule has 0 unspecified atom stereocenters. The molecule has 0 aliphatic heterocycles. The van der Waals surface area contributed by atoms with E-state index in [1.165, 1.54) is 0 Å². The maximum absolute atomic E-state index is 12.7. The highest BCUT2D eigenvalue weighted by Crippen LogP contribution is 2.54. The Morgan fingerprint density at radius 2 is 0.710 bits per heavy atom. The van der Waals surface area contributed by atoms with Gasteiger partial charge in [-0.1, -0.05) is 121 Å². The lowest BCUT2D eigenvalue weighted by Crippen LogP contribution is -2.05. The molecule has 4 aromatic rings. The predicted molar refractivity (Wildman–Crippen MR) is 129 cm³/mol. The molecule has 0 N–H and O–H groups in total. The quantitative estimate of drug-likeness (QED) is 0.330. The molecule has 0 atom stereocenters. The number of carbonyl (C=O) groups excluding carboxylic acids is 1. The van der Waals surface area contributed by atoms with Crippen molar-refractivity contribution in [1.29, 1.82) is 0 Å². The van der Waals surface area contributed by atoms with Crippen LogP contribution in [0.25, 0.3) is 22.3 Å². The predicted octanol–water partition coefficient (Wildman–Crippen LogP) is 7.04. The van der Waals surface area contributed by atoms with Crippen molar-refractivity contribution in [3.05, 3.63) is 144 Å². The fourth-order valence-corrected chi connectivity index (χ4v) is 4.55. The lowest BCUT2D eigenvalue weighted by atomic mass is 9.87. The van der Waals surface area contributed by atoms with Crippen molar-refractivity contribution in [1.82, 2.24) is 0 Å². The minimum absolute atomic E-state index is 0.338. The van der Waals surface area contributed by atoms with Gasteiger partial charge >= 0.3 is 0 Å². The van der Waals surface area contributed by atoms with E-state index < -0.39 is 0 Å². The number of hydrogen-bond donors (Lipinski definition) is 0. The highest BCUT2D eigenvalue weighted by molar-refractivity contribution is 6.31. The molecule has 1 heteroatoms. The van der Waals surface area contributed by atoms with Crippen LogP contribution in [0.5, 0.6) is 0 Å². The number of hydrogen-bond acceptors (Lipinski definition) is 1. The zero-order valence-corrected chi connectivity index (χ0v) is 17.1. The van der Waals surface area contributed by atoms with E-state index in [1.807, 2.05) is 48.5 Å². The fraction of sp³-hybridized carbons (Fsp3) is 0.0333. The van der Waals surface area contributed by atoms with E-state index in [0.717, 1.165) is 50.8 Å². The van der Waals surface area contributed by atoms with E-state index in [2.05, 4.69) is 72.8 Å². The van der Waals surface area contributed by atoms with Gasteiger partial charge in [-0.05, 0) is 44.5 Å². The Kier molecular flexibility index (Phi) is 5.16. The zero-order valence-electron chi connectivity index (χ0n) is 17.1. The highest BCUT2D eigenvalue weighted by Gasteiger charge is 2.36. The second-order valence-corrected chi connectivity index (χ2v) is 7.66. The summed E-state index contributed by atoms with van der Waals surface area (Å²) in [7, 11) is 0. The summed E-state index contributed by atoms with van der Waals surface area (Å²) in [5.74, 6) is -0.338. The van der Waals surface area contributed by atoms with E-state index in [1.54, 1.807) is 0 Å². The van der Waals surface area contributed by atoms with Crippen LogP contribution in [-0.4, -0.2) is 6.29 Å². The molecule has 0 fully saturated rings. The van der Waals surface area contributed by atoms with Gasteiger partial charge in [0.25, 0.3) is 0 Å². The average molecular weight is 399 g/mol. The first-order chi connectivity index (χ1) is 15.4. The Morgan fingerprint density at radius 3 is 1.00 bits per heavy atom. The van der Waals surface area contributed by atoms with Gasteiger partial charge in [-0.2, -0.15) is 0 Å². The van der Waals surface area contributed by atoms with Gasteiger partial charge in [-0.15, -0.1) is 0 Å². The van der Waals surface area contributed by atoms with E-state index >= 15 is 0 Å². The summed E-state index contributed by atoms with van der Waals surface area (Å²) < 4.78 is 0. The van der Waals surface area contributed by atoms with Gasteiger partial charge in [-0.3, -0.25) is 0 Å². The number of allylic oxidation sites excluding steroid dienone is 4. The maximum atomic E-state index is 12.7. The number of aldehydes is 1. The third kappa shape index (κ3) is 3.45. The normalized spacial score (nSPS) is 14.2. The first-order valence-corrected chi connectivity index (χ1v) is 10.5. The van der Waals surface area contributed by atoms with Crippen LogP contribution in [0.2, 0.25) is 0 Å². The molecule has 0 aromatic heterocycles. The van der Waals surface area contributed by atoms with Gasteiger partial charge in [0, 0.05) is 0 Å². The Balaban J connectivity index is 1.90. The van der Waals surface area contributed by atoms with Gasteiger partial charge in [0.1, 0.15) is 6.29 Å². The van der Waals surface area contributed by atoms with Crippen LogP contribution in [0.1, 0.15) is 22.3 Å². The van der Waals surface area contributed by atoms with Gasteiger partial charge in [0.15, 0.2) is 0 Å². The SMILES string of the molecule is O=CC1C(c2ccccc2)=C(c2ccccc2)C(c2ccccc2)=C1c1ccccc1. The zero-order chi connectivity index (χ0) is 21.0. The van der Waals surface area contributed by atoms with E-state index in [4.69, 9.17) is 0 Å². The van der Waals surface area contributed by atoms with Crippen LogP contribution in [0.3, 0.4) is 0 Å². The first-order valence-electron chi connectivity index (χ1n) is 10.5. The molecule has 0 heterocycles. The average Bonchev–Trinajstić information content (AvgIpc) is 3.21. The molecule has 0 amide bonds. The standard InChI is InChI=1S/C30H22O/c31-21-26-27(22-13-5-1-6-14-22)29(24-17-9-3-10-18-24)30(25-19-11-4-12-20-25)28(26)23-15-7-2-8-16-23/h1-21,26H. The van der Waals surface area contributed by atoms with Crippen LogP contribution in [0.15, 0.2) is 121 Å². The van der Waals surface area contributed by atoms with Crippen LogP contribution in [0.4, 0.5) is 0 Å². The van der Waals surface area contributed by atoms with E-state index in [-0.39, 0.29) is 5.92 Å². The van der Waals surface area contributed by atoms with Crippen molar-refractivity contribution >= 4 is 28.6 Å². The minimum Gasteiger partial charge on any atom is -0.302 e. The van der Waals surface area contributed by atoms with Gasteiger partial charge in [-0.25, -0.2) is 0 Å². The van der Waals surface area contributed by atoms with Crippen molar-refractivity contribution in [3.8, 4) is 0 Å². The van der Waals surface area contributed by atoms with Crippen molar-refractivity contribution < 1.29 is 4.79 Å². The van der Waals surface area contributed by atoms with Crippen molar-refractivity contribution in [2.24, 2.45) is 5.92 Å². The largest absolute Gasteiger partial charge is 0.302 e. The summed E-state index contributed by atoms with van der Waals surface area (Å²) >= 11 is 0. The van der Waals surface area contributed by atoms with Crippen LogP contribution in [0, 0.1) is 5.92 Å². The van der Waals surface area contributed by atoms with Crippen LogP contribution in [-0.2, 0) is 4.79 Å². The smallest absolute Gasteiger partial charge is 0.131 e. The Bertz CT molecular complexity index is 1150. The van der Waals surface area contributed by atoms with Crippen molar-refractivity contribution in [2.45, 2.75) is 0 Å².